The summed E-state index contributed by atoms with van der Waals surface area (Å²) in [7, 11) is 0. The summed E-state index contributed by atoms with van der Waals surface area (Å²) in [5.41, 5.74) is 0.869. The number of amides is 2. The summed E-state index contributed by atoms with van der Waals surface area (Å²) in [5.74, 6) is -0.381. The van der Waals surface area contributed by atoms with Gasteiger partial charge in [-0.2, -0.15) is 0 Å². The summed E-state index contributed by atoms with van der Waals surface area (Å²) in [6.07, 6.45) is 0.804. The summed E-state index contributed by atoms with van der Waals surface area (Å²) in [6, 6.07) is 11.3. The summed E-state index contributed by atoms with van der Waals surface area (Å²) < 4.78 is 19.2. The Hall–Kier alpha value is -2.75. The number of nitrogens with one attached hydrogen (secondary N) is 3. The normalized spacial score (nSPS) is 10.7. The van der Waals surface area contributed by atoms with Crippen molar-refractivity contribution in [2.45, 2.75) is 6.54 Å². The Bertz CT molecular complexity index is 1100. The minimum atomic E-state index is -0.722. The van der Waals surface area contributed by atoms with Crippen LogP contribution in [0.25, 0.3) is 10.8 Å². The van der Waals surface area contributed by atoms with Gasteiger partial charge in [0.1, 0.15) is 18.2 Å². The van der Waals surface area contributed by atoms with Gasteiger partial charge in [-0.15, -0.1) is 0 Å². The molecule has 10 heteroatoms. The molecule has 0 fully saturated rings. The Morgan fingerprint density at radius 1 is 1.13 bits per heavy atom. The molecule has 2 aromatic carbocycles. The standard InChI is InChI=1S/C21H19BrClFN4O3/c22-16-2-4-18(23)15(7-16)10-25-12-20(29)26-5-6-31-21(30)28-19-9-14-8-17(24)3-1-13(14)11-27-19/h1-4,7-9,11,25H,5-6,10,12H2,(H,26,29)(H,27,28,30). The maximum atomic E-state index is 13.3. The van der Waals surface area contributed by atoms with Gasteiger partial charge in [0.25, 0.3) is 0 Å². The van der Waals surface area contributed by atoms with Crippen molar-refractivity contribution in [2.75, 3.05) is 25.0 Å². The lowest BCUT2D eigenvalue weighted by Crippen LogP contribution is -2.36. The maximum Gasteiger partial charge on any atom is 0.412 e. The lowest BCUT2D eigenvalue weighted by atomic mass is 10.2. The molecular formula is C21H19BrClFN4O3. The number of fused-ring (bicyclic) bond motifs is 1. The first-order valence-corrected chi connectivity index (χ1v) is 10.5. The second-order valence-corrected chi connectivity index (χ2v) is 7.83. The van der Waals surface area contributed by atoms with Crippen LogP contribution in [0, 0.1) is 5.82 Å². The Kier molecular flexibility index (Phi) is 8.16. The molecule has 3 rings (SSSR count). The number of nitrogens with zero attached hydrogens (tertiary/aromatic N) is 1. The van der Waals surface area contributed by atoms with Crippen LogP contribution >= 0.6 is 27.5 Å². The molecule has 0 unspecified atom stereocenters. The molecule has 3 N–H and O–H groups in total. The highest BCUT2D eigenvalue weighted by atomic mass is 79.9. The topological polar surface area (TPSA) is 92.4 Å². The Morgan fingerprint density at radius 3 is 2.81 bits per heavy atom. The van der Waals surface area contributed by atoms with Crippen molar-refractivity contribution in [3.8, 4) is 0 Å². The molecule has 0 saturated carbocycles. The molecule has 3 aromatic rings. The third-order valence-electron chi connectivity index (χ3n) is 4.18. The van der Waals surface area contributed by atoms with Gasteiger partial charge in [0, 0.05) is 27.6 Å². The van der Waals surface area contributed by atoms with E-state index in [9.17, 15) is 14.0 Å². The quantitative estimate of drug-likeness (QED) is 0.395. The smallest absolute Gasteiger partial charge is 0.412 e. The average molecular weight is 510 g/mol. The molecule has 162 valence electrons. The van der Waals surface area contributed by atoms with Gasteiger partial charge in [0.2, 0.25) is 5.91 Å². The fourth-order valence-electron chi connectivity index (χ4n) is 2.71. The van der Waals surface area contributed by atoms with E-state index in [1.807, 2.05) is 12.1 Å². The molecule has 0 atom stereocenters. The molecule has 0 aliphatic carbocycles. The highest BCUT2D eigenvalue weighted by Gasteiger charge is 2.07. The van der Waals surface area contributed by atoms with Crippen LogP contribution in [-0.2, 0) is 16.1 Å². The first-order chi connectivity index (χ1) is 14.9. The third kappa shape index (κ3) is 7.16. The van der Waals surface area contributed by atoms with E-state index in [0.717, 1.165) is 15.4 Å². The van der Waals surface area contributed by atoms with Crippen LogP contribution in [-0.4, -0.2) is 36.7 Å². The van der Waals surface area contributed by atoms with Crippen molar-refractivity contribution in [3.05, 3.63) is 69.5 Å². The number of aromatic nitrogens is 1. The highest BCUT2D eigenvalue weighted by Crippen LogP contribution is 2.20. The van der Waals surface area contributed by atoms with E-state index in [1.165, 1.54) is 18.3 Å². The summed E-state index contributed by atoms with van der Waals surface area (Å²) in [5, 5.41) is 10.1. The van der Waals surface area contributed by atoms with Crippen LogP contribution in [0.15, 0.2) is 53.1 Å². The van der Waals surface area contributed by atoms with Crippen molar-refractivity contribution in [1.29, 1.82) is 0 Å². The van der Waals surface area contributed by atoms with Gasteiger partial charge in [0.05, 0.1) is 13.1 Å². The number of halogens is 3. The zero-order valence-electron chi connectivity index (χ0n) is 16.3. The molecule has 0 aliphatic heterocycles. The summed E-state index contributed by atoms with van der Waals surface area (Å²) in [6.45, 7) is 0.666. The largest absolute Gasteiger partial charge is 0.447 e. The Labute approximate surface area is 191 Å². The number of carbonyl (C=O) groups is 2. The van der Waals surface area contributed by atoms with Gasteiger partial charge in [-0.1, -0.05) is 27.5 Å². The van der Waals surface area contributed by atoms with Crippen LogP contribution in [0.1, 0.15) is 5.56 Å². The van der Waals surface area contributed by atoms with Crippen molar-refractivity contribution >= 4 is 56.1 Å². The molecule has 0 radical (unpaired) electrons. The molecule has 31 heavy (non-hydrogen) atoms. The molecule has 0 aliphatic rings. The minimum Gasteiger partial charge on any atom is -0.447 e. The molecule has 2 amide bonds. The number of benzene rings is 2. The number of pyridine rings is 1. The molecular weight excluding hydrogens is 491 g/mol. The number of ether oxygens (including phenoxy) is 1. The zero-order valence-corrected chi connectivity index (χ0v) is 18.6. The lowest BCUT2D eigenvalue weighted by molar-refractivity contribution is -0.120. The van der Waals surface area contributed by atoms with E-state index >= 15 is 0 Å². The molecule has 0 saturated heterocycles. The van der Waals surface area contributed by atoms with Gasteiger partial charge in [0.15, 0.2) is 0 Å². The maximum absolute atomic E-state index is 13.3. The van der Waals surface area contributed by atoms with E-state index < -0.39 is 6.09 Å². The second-order valence-electron chi connectivity index (χ2n) is 6.51. The summed E-state index contributed by atoms with van der Waals surface area (Å²) in [4.78, 5) is 27.8. The zero-order chi connectivity index (χ0) is 22.2. The first-order valence-electron chi connectivity index (χ1n) is 9.31. The summed E-state index contributed by atoms with van der Waals surface area (Å²) >= 11 is 9.47. The Morgan fingerprint density at radius 2 is 1.97 bits per heavy atom. The van der Waals surface area contributed by atoms with Crippen molar-refractivity contribution in [3.63, 3.8) is 0 Å². The number of rotatable bonds is 8. The van der Waals surface area contributed by atoms with Crippen molar-refractivity contribution in [1.82, 2.24) is 15.6 Å². The third-order valence-corrected chi connectivity index (χ3v) is 5.04. The first kappa shape index (κ1) is 22.9. The molecule has 0 spiro atoms. The van der Waals surface area contributed by atoms with Gasteiger partial charge in [-0.25, -0.2) is 14.2 Å². The van der Waals surface area contributed by atoms with E-state index in [-0.39, 0.29) is 37.2 Å². The number of carbonyl (C=O) groups excluding carboxylic acids is 2. The monoisotopic (exact) mass is 508 g/mol. The number of hydrogen-bond acceptors (Lipinski definition) is 5. The second kappa shape index (κ2) is 11.0. The van der Waals surface area contributed by atoms with Crippen LogP contribution in [0.5, 0.6) is 0 Å². The van der Waals surface area contributed by atoms with E-state index in [1.54, 1.807) is 18.2 Å². The SMILES string of the molecule is O=C(CNCc1cc(Br)ccc1Cl)NCCOC(=O)Nc1cc2cc(F)ccc2cn1. The van der Waals surface area contributed by atoms with Gasteiger partial charge in [-0.05, 0) is 53.4 Å². The predicted octanol–water partition coefficient (Wildman–Crippen LogP) is 4.24. The van der Waals surface area contributed by atoms with Crippen molar-refractivity contribution < 1.29 is 18.7 Å². The predicted molar refractivity (Wildman–Crippen MR) is 121 cm³/mol. The number of hydrogen-bond donors (Lipinski definition) is 3. The van der Waals surface area contributed by atoms with Crippen LogP contribution in [0.4, 0.5) is 15.0 Å². The molecule has 1 heterocycles. The van der Waals surface area contributed by atoms with Crippen LogP contribution in [0.2, 0.25) is 5.02 Å². The highest BCUT2D eigenvalue weighted by molar-refractivity contribution is 9.10. The molecule has 1 aromatic heterocycles. The lowest BCUT2D eigenvalue weighted by Gasteiger charge is -2.09. The fraction of sp³-hybridized carbons (Fsp3) is 0.190. The van der Waals surface area contributed by atoms with Gasteiger partial charge < -0.3 is 15.4 Å². The van der Waals surface area contributed by atoms with Crippen LogP contribution in [0.3, 0.4) is 0 Å². The van der Waals surface area contributed by atoms with Crippen molar-refractivity contribution in [2.24, 2.45) is 0 Å². The average Bonchev–Trinajstić information content (AvgIpc) is 2.73. The fourth-order valence-corrected chi connectivity index (χ4v) is 3.30. The van der Waals surface area contributed by atoms with E-state index in [2.05, 4.69) is 36.9 Å². The van der Waals surface area contributed by atoms with Gasteiger partial charge >= 0.3 is 6.09 Å². The van der Waals surface area contributed by atoms with E-state index in [4.69, 9.17) is 16.3 Å². The number of anilines is 1. The molecule has 0 bridgehead atoms. The molecule has 7 nitrogen and oxygen atoms in total. The van der Waals surface area contributed by atoms with Crippen LogP contribution < -0.4 is 16.0 Å². The van der Waals surface area contributed by atoms with Gasteiger partial charge in [-0.3, -0.25) is 10.1 Å². The van der Waals surface area contributed by atoms with E-state index in [0.29, 0.717) is 17.0 Å². The Balaban J connectivity index is 1.34. The minimum absolute atomic E-state index is 0.0166.